The highest BCUT2D eigenvalue weighted by atomic mass is 16.4. The Bertz CT molecular complexity index is 573. The van der Waals surface area contributed by atoms with Crippen LogP contribution in [0.3, 0.4) is 0 Å². The summed E-state index contributed by atoms with van der Waals surface area (Å²) in [5.41, 5.74) is 2.32. The van der Waals surface area contributed by atoms with Gasteiger partial charge in [0.25, 0.3) is 0 Å². The monoisotopic (exact) mass is 273 g/mol. The summed E-state index contributed by atoms with van der Waals surface area (Å²) in [5, 5.41) is 8.74. The summed E-state index contributed by atoms with van der Waals surface area (Å²) >= 11 is 0. The van der Waals surface area contributed by atoms with Crippen LogP contribution >= 0.6 is 0 Å². The van der Waals surface area contributed by atoms with Crippen molar-refractivity contribution >= 4 is 11.7 Å². The fourth-order valence-corrected chi connectivity index (χ4v) is 2.02. The molecule has 0 aliphatic carbocycles. The minimum Gasteiger partial charge on any atom is -0.481 e. The Balaban J connectivity index is 2.06. The zero-order chi connectivity index (χ0) is 14.5. The first-order chi connectivity index (χ1) is 9.56. The molecule has 0 spiro atoms. The van der Waals surface area contributed by atoms with E-state index in [0.29, 0.717) is 13.0 Å². The molecule has 0 atom stereocenters. The van der Waals surface area contributed by atoms with E-state index in [-0.39, 0.29) is 6.42 Å². The minimum absolute atomic E-state index is 0.114. The summed E-state index contributed by atoms with van der Waals surface area (Å²) in [4.78, 5) is 17.0. The number of carboxylic acid groups (broad SMARTS) is 1. The van der Waals surface area contributed by atoms with Crippen LogP contribution in [0, 0.1) is 0 Å². The van der Waals surface area contributed by atoms with Gasteiger partial charge in [-0.25, -0.2) is 4.98 Å². The summed E-state index contributed by atoms with van der Waals surface area (Å²) in [6.07, 6.45) is 4.36. The Morgan fingerprint density at radius 2 is 2.00 bits per heavy atom. The molecule has 0 radical (unpaired) electrons. The van der Waals surface area contributed by atoms with Gasteiger partial charge in [-0.3, -0.25) is 4.79 Å². The molecule has 20 heavy (non-hydrogen) atoms. The Kier molecular flexibility index (Phi) is 4.40. The molecule has 0 fully saturated rings. The van der Waals surface area contributed by atoms with Crippen LogP contribution in [0.2, 0.25) is 0 Å². The van der Waals surface area contributed by atoms with Gasteiger partial charge in [-0.1, -0.05) is 12.1 Å². The third kappa shape index (κ3) is 3.60. The second-order valence-electron chi connectivity index (χ2n) is 4.92. The minimum atomic E-state index is -0.792. The highest BCUT2D eigenvalue weighted by molar-refractivity contribution is 5.66. The van der Waals surface area contributed by atoms with Crippen LogP contribution in [0.1, 0.15) is 17.8 Å². The number of anilines is 1. The van der Waals surface area contributed by atoms with E-state index in [9.17, 15) is 4.79 Å². The molecule has 0 amide bonds. The Hall–Kier alpha value is -2.30. The zero-order valence-corrected chi connectivity index (χ0v) is 11.8. The van der Waals surface area contributed by atoms with Gasteiger partial charge < -0.3 is 14.6 Å². The molecule has 0 saturated carbocycles. The van der Waals surface area contributed by atoms with Crippen molar-refractivity contribution in [3.63, 3.8) is 0 Å². The van der Waals surface area contributed by atoms with Crippen molar-refractivity contribution in [1.29, 1.82) is 0 Å². The second-order valence-corrected chi connectivity index (χ2v) is 4.92. The number of benzene rings is 1. The third-order valence-corrected chi connectivity index (χ3v) is 3.18. The van der Waals surface area contributed by atoms with Crippen molar-refractivity contribution < 1.29 is 9.90 Å². The van der Waals surface area contributed by atoms with Crippen LogP contribution in [0.15, 0.2) is 36.7 Å². The van der Waals surface area contributed by atoms with E-state index in [4.69, 9.17) is 5.11 Å². The largest absolute Gasteiger partial charge is 0.481 e. The molecule has 2 rings (SSSR count). The molecule has 0 aliphatic rings. The normalized spacial score (nSPS) is 10.5. The molecule has 1 heterocycles. The quantitative estimate of drug-likeness (QED) is 0.874. The van der Waals surface area contributed by atoms with E-state index < -0.39 is 5.97 Å². The van der Waals surface area contributed by atoms with Crippen LogP contribution in [0.4, 0.5) is 5.69 Å². The van der Waals surface area contributed by atoms with Gasteiger partial charge in [0.2, 0.25) is 0 Å². The van der Waals surface area contributed by atoms with E-state index in [2.05, 4.69) is 34.1 Å². The van der Waals surface area contributed by atoms with Crippen molar-refractivity contribution in [3.05, 3.63) is 48.0 Å². The molecular weight excluding hydrogens is 254 g/mol. The smallest absolute Gasteiger partial charge is 0.305 e. The Labute approximate surface area is 118 Å². The molecule has 1 N–H and O–H groups in total. The average Bonchev–Trinajstić information content (AvgIpc) is 2.84. The molecule has 106 valence electrons. The van der Waals surface area contributed by atoms with Crippen LogP contribution in [-0.2, 0) is 17.8 Å². The predicted molar refractivity (Wildman–Crippen MR) is 78.1 cm³/mol. The van der Waals surface area contributed by atoms with E-state index in [1.54, 1.807) is 6.20 Å². The van der Waals surface area contributed by atoms with Gasteiger partial charge in [0, 0.05) is 45.1 Å². The van der Waals surface area contributed by atoms with Crippen LogP contribution in [0.5, 0.6) is 0 Å². The summed E-state index contributed by atoms with van der Waals surface area (Å²) in [6.45, 7) is 0.459. The molecule has 0 saturated heterocycles. The maximum Gasteiger partial charge on any atom is 0.305 e. The van der Waals surface area contributed by atoms with Gasteiger partial charge in [0.05, 0.1) is 6.42 Å². The van der Waals surface area contributed by atoms with E-state index in [0.717, 1.165) is 11.5 Å². The molecule has 1 aromatic heterocycles. The molecule has 1 aromatic carbocycles. The Morgan fingerprint density at radius 3 is 2.60 bits per heavy atom. The number of imidazole rings is 1. The molecule has 2 aromatic rings. The number of hydrogen-bond donors (Lipinski definition) is 1. The lowest BCUT2D eigenvalue weighted by molar-refractivity contribution is -0.137. The van der Waals surface area contributed by atoms with E-state index >= 15 is 0 Å². The SMILES string of the molecule is CN(C)c1ccc(Cc2nccn2CCC(=O)O)cc1. The van der Waals surface area contributed by atoms with Gasteiger partial charge in [0.15, 0.2) is 0 Å². The number of carboxylic acids is 1. The summed E-state index contributed by atoms with van der Waals surface area (Å²) in [7, 11) is 4.02. The van der Waals surface area contributed by atoms with Crippen molar-refractivity contribution in [2.45, 2.75) is 19.4 Å². The molecule has 5 heteroatoms. The molecule has 0 bridgehead atoms. The van der Waals surface area contributed by atoms with E-state index in [1.165, 1.54) is 5.56 Å². The second kappa shape index (κ2) is 6.23. The lowest BCUT2D eigenvalue weighted by atomic mass is 10.1. The number of aliphatic carboxylic acids is 1. The first-order valence-corrected chi connectivity index (χ1v) is 6.54. The first kappa shape index (κ1) is 14.1. The van der Waals surface area contributed by atoms with Gasteiger partial charge >= 0.3 is 5.97 Å². The van der Waals surface area contributed by atoms with E-state index in [1.807, 2.05) is 24.9 Å². The van der Waals surface area contributed by atoms with Crippen molar-refractivity contribution in [2.75, 3.05) is 19.0 Å². The number of rotatable bonds is 6. The fourth-order valence-electron chi connectivity index (χ4n) is 2.02. The maximum atomic E-state index is 10.6. The summed E-state index contributed by atoms with van der Waals surface area (Å²) < 4.78 is 1.90. The molecule has 5 nitrogen and oxygen atoms in total. The third-order valence-electron chi connectivity index (χ3n) is 3.18. The summed E-state index contributed by atoms with van der Waals surface area (Å²) in [5.74, 6) is 0.101. The van der Waals surface area contributed by atoms with Gasteiger partial charge in [-0.2, -0.15) is 0 Å². The zero-order valence-electron chi connectivity index (χ0n) is 11.8. The first-order valence-electron chi connectivity index (χ1n) is 6.54. The highest BCUT2D eigenvalue weighted by Gasteiger charge is 2.06. The topological polar surface area (TPSA) is 58.4 Å². The number of nitrogens with zero attached hydrogens (tertiary/aromatic N) is 3. The molecular formula is C15H19N3O2. The fraction of sp³-hybridized carbons (Fsp3) is 0.333. The lowest BCUT2D eigenvalue weighted by Crippen LogP contribution is -2.09. The number of carbonyl (C=O) groups is 1. The van der Waals surface area contributed by atoms with Crippen LogP contribution < -0.4 is 4.90 Å². The summed E-state index contributed by atoms with van der Waals surface area (Å²) in [6, 6.07) is 8.29. The maximum absolute atomic E-state index is 10.6. The van der Waals surface area contributed by atoms with Gasteiger partial charge in [0.1, 0.15) is 5.82 Å². The standard InChI is InChI=1S/C15H19N3O2/c1-17(2)13-5-3-12(4-6-13)11-14-16-8-10-18(14)9-7-15(19)20/h3-6,8,10H,7,9,11H2,1-2H3,(H,19,20). The lowest BCUT2D eigenvalue weighted by Gasteiger charge is -2.13. The van der Waals surface area contributed by atoms with Crippen molar-refractivity contribution in [1.82, 2.24) is 9.55 Å². The van der Waals surface area contributed by atoms with Crippen molar-refractivity contribution in [3.8, 4) is 0 Å². The average molecular weight is 273 g/mol. The van der Waals surface area contributed by atoms with Crippen LogP contribution in [0.25, 0.3) is 0 Å². The van der Waals surface area contributed by atoms with Gasteiger partial charge in [-0.05, 0) is 17.7 Å². The predicted octanol–water partition coefficient (Wildman–Crippen LogP) is 2.01. The number of hydrogen-bond acceptors (Lipinski definition) is 3. The Morgan fingerprint density at radius 1 is 1.30 bits per heavy atom. The van der Waals surface area contributed by atoms with Crippen LogP contribution in [-0.4, -0.2) is 34.7 Å². The van der Waals surface area contributed by atoms with Gasteiger partial charge in [-0.15, -0.1) is 0 Å². The highest BCUT2D eigenvalue weighted by Crippen LogP contribution is 2.15. The molecule has 0 unspecified atom stereocenters. The number of aryl methyl sites for hydroxylation is 1. The van der Waals surface area contributed by atoms with Crippen molar-refractivity contribution in [2.24, 2.45) is 0 Å². The number of aromatic nitrogens is 2. The molecule has 0 aliphatic heterocycles.